The third-order valence-corrected chi connectivity index (χ3v) is 7.74. The van der Waals surface area contributed by atoms with Gasteiger partial charge in [0.05, 0.1) is 7.11 Å². The largest absolute Gasteiger partial charge is 0.497 e. The average molecular weight is 505 g/mol. The lowest BCUT2D eigenvalue weighted by atomic mass is 10.0. The van der Waals surface area contributed by atoms with Gasteiger partial charge in [-0.2, -0.15) is 0 Å². The fraction of sp³-hybridized carbons (Fsp3) is 0.516. The lowest BCUT2D eigenvalue weighted by Gasteiger charge is -2.34. The van der Waals surface area contributed by atoms with Gasteiger partial charge in [-0.3, -0.25) is 9.69 Å². The van der Waals surface area contributed by atoms with Crippen LogP contribution >= 0.6 is 0 Å². The minimum Gasteiger partial charge on any atom is -0.497 e. The molecule has 1 aromatic carbocycles. The molecule has 1 aliphatic heterocycles. The molecule has 0 spiro atoms. The molecule has 0 bridgehead atoms. The average Bonchev–Trinajstić information content (AvgIpc) is 3.18. The van der Waals surface area contributed by atoms with Gasteiger partial charge in [0.25, 0.3) is 0 Å². The van der Waals surface area contributed by atoms with Crippen molar-refractivity contribution in [3.05, 3.63) is 59.3 Å². The van der Waals surface area contributed by atoms with Crippen molar-refractivity contribution in [2.24, 2.45) is 0 Å². The number of hydrogen-bond donors (Lipinski definition) is 0. The van der Waals surface area contributed by atoms with Crippen molar-refractivity contribution in [1.82, 2.24) is 19.3 Å². The highest BCUT2D eigenvalue weighted by Crippen LogP contribution is 2.31. The van der Waals surface area contributed by atoms with Crippen molar-refractivity contribution in [3.8, 4) is 5.75 Å². The van der Waals surface area contributed by atoms with Crippen LogP contribution in [0.25, 0.3) is 17.0 Å². The third kappa shape index (κ3) is 7.14. The molecule has 0 radical (unpaired) electrons. The van der Waals surface area contributed by atoms with Gasteiger partial charge in [0.15, 0.2) is 0 Å². The first kappa shape index (κ1) is 27.2. The molecule has 2 aromatic rings. The monoisotopic (exact) mass is 504 g/mol. The molecule has 2 aliphatic rings. The van der Waals surface area contributed by atoms with Crippen LogP contribution in [0.2, 0.25) is 0 Å². The van der Waals surface area contributed by atoms with Gasteiger partial charge in [0.1, 0.15) is 5.75 Å². The number of allylic oxidation sites excluding steroid dienone is 3. The van der Waals surface area contributed by atoms with Gasteiger partial charge in [-0.25, -0.2) is 0 Å². The van der Waals surface area contributed by atoms with Crippen molar-refractivity contribution < 1.29 is 9.53 Å². The summed E-state index contributed by atoms with van der Waals surface area (Å²) in [4.78, 5) is 19.8. The molecule has 0 N–H and O–H groups in total. The highest BCUT2D eigenvalue weighted by molar-refractivity contribution is 5.98. The summed E-state index contributed by atoms with van der Waals surface area (Å²) in [6, 6.07) is 6.27. The summed E-state index contributed by atoms with van der Waals surface area (Å²) < 4.78 is 7.91. The zero-order valence-electron chi connectivity index (χ0n) is 23.2. The molecule has 0 saturated carbocycles. The Labute approximate surface area is 222 Å². The van der Waals surface area contributed by atoms with Crippen LogP contribution in [0.15, 0.2) is 48.1 Å². The summed E-state index contributed by atoms with van der Waals surface area (Å²) in [5.74, 6) is 0.948. The Kier molecular flexibility index (Phi) is 9.64. The summed E-state index contributed by atoms with van der Waals surface area (Å²) >= 11 is 0. The van der Waals surface area contributed by atoms with Gasteiger partial charge in [0.2, 0.25) is 5.91 Å². The number of amides is 1. The molecule has 2 heterocycles. The van der Waals surface area contributed by atoms with Gasteiger partial charge in [-0.15, -0.1) is 0 Å². The molecule has 1 fully saturated rings. The number of rotatable bonds is 11. The Morgan fingerprint density at radius 3 is 2.62 bits per heavy atom. The van der Waals surface area contributed by atoms with Crippen LogP contribution < -0.4 is 4.74 Å². The predicted octanol–water partition coefficient (Wildman–Crippen LogP) is 5.12. The maximum atomic E-state index is 13.1. The molecular weight excluding hydrogens is 460 g/mol. The number of unbranched alkanes of at least 4 members (excludes halogenated alkanes) is 1. The summed E-state index contributed by atoms with van der Waals surface area (Å²) in [7, 11) is 5.94. The quantitative estimate of drug-likeness (QED) is 0.314. The number of fused-ring (bicyclic) bond motifs is 1. The molecule has 4 rings (SSSR count). The topological polar surface area (TPSA) is 41.0 Å². The number of methoxy groups -OCH3 is 1. The van der Waals surface area contributed by atoms with Gasteiger partial charge >= 0.3 is 0 Å². The van der Waals surface area contributed by atoms with Crippen molar-refractivity contribution in [2.45, 2.75) is 45.6 Å². The second-order valence-corrected chi connectivity index (χ2v) is 10.6. The summed E-state index contributed by atoms with van der Waals surface area (Å²) in [5, 5.41) is 1.14. The smallest absolute Gasteiger partial charge is 0.246 e. The summed E-state index contributed by atoms with van der Waals surface area (Å²) in [6.07, 6.45) is 16.3. The predicted molar refractivity (Wildman–Crippen MR) is 154 cm³/mol. The Hall–Kier alpha value is -2.83. The van der Waals surface area contributed by atoms with E-state index in [1.165, 1.54) is 24.1 Å². The highest BCUT2D eigenvalue weighted by atomic mass is 16.5. The van der Waals surface area contributed by atoms with E-state index in [2.05, 4.69) is 65.7 Å². The normalized spacial score (nSPS) is 16.8. The third-order valence-electron chi connectivity index (χ3n) is 7.74. The maximum absolute atomic E-state index is 13.1. The molecule has 1 saturated heterocycles. The maximum Gasteiger partial charge on any atom is 0.246 e. The van der Waals surface area contributed by atoms with Crippen LogP contribution in [0.4, 0.5) is 0 Å². The standard InChI is InChI=1S/C31H44N4O2/c1-25-28(29-24-27(37-4)12-14-30(29)35(25)18-9-8-17-32(2)3)13-15-31(36)34-22-20-33(21-23-34)19-16-26-10-6-5-7-11-26/h5-6,10,12-15,24H,7-9,11,16-23H2,1-4H3/b15-13+. The number of carbonyl (C=O) groups is 1. The van der Waals surface area contributed by atoms with Crippen molar-refractivity contribution >= 4 is 22.9 Å². The number of benzene rings is 1. The molecule has 1 amide bonds. The lowest BCUT2D eigenvalue weighted by molar-refractivity contribution is -0.127. The number of ether oxygens (including phenoxy) is 1. The Morgan fingerprint density at radius 1 is 1.11 bits per heavy atom. The van der Waals surface area contributed by atoms with E-state index < -0.39 is 0 Å². The molecule has 200 valence electrons. The van der Waals surface area contributed by atoms with Crippen molar-refractivity contribution in [3.63, 3.8) is 0 Å². The zero-order valence-corrected chi connectivity index (χ0v) is 23.2. The van der Waals surface area contributed by atoms with E-state index in [-0.39, 0.29) is 5.91 Å². The molecule has 1 aromatic heterocycles. The van der Waals surface area contributed by atoms with E-state index >= 15 is 0 Å². The molecule has 6 nitrogen and oxygen atoms in total. The summed E-state index contributed by atoms with van der Waals surface area (Å²) in [5.41, 5.74) is 5.07. The fourth-order valence-corrected chi connectivity index (χ4v) is 5.43. The molecule has 6 heteroatoms. The number of carbonyl (C=O) groups excluding carboxylic acids is 1. The Bertz CT molecular complexity index is 1150. The first-order valence-corrected chi connectivity index (χ1v) is 13.8. The van der Waals surface area contributed by atoms with E-state index in [0.29, 0.717) is 0 Å². The molecular formula is C31H44N4O2. The van der Waals surface area contributed by atoms with E-state index in [0.717, 1.165) is 81.8 Å². The van der Waals surface area contributed by atoms with Gasteiger partial charge in [-0.1, -0.05) is 23.8 Å². The van der Waals surface area contributed by atoms with Crippen LogP contribution in [-0.4, -0.2) is 85.6 Å². The Morgan fingerprint density at radius 2 is 1.92 bits per heavy atom. The minimum atomic E-state index is 0.106. The minimum absolute atomic E-state index is 0.106. The van der Waals surface area contributed by atoms with E-state index in [4.69, 9.17) is 4.74 Å². The number of aromatic nitrogens is 1. The second kappa shape index (κ2) is 13.1. The number of hydrogen-bond acceptors (Lipinski definition) is 4. The first-order chi connectivity index (χ1) is 18.0. The van der Waals surface area contributed by atoms with Gasteiger partial charge in [-0.05, 0) is 83.9 Å². The molecule has 0 unspecified atom stereocenters. The fourth-order valence-electron chi connectivity index (χ4n) is 5.43. The molecule has 1 aliphatic carbocycles. The highest BCUT2D eigenvalue weighted by Gasteiger charge is 2.20. The van der Waals surface area contributed by atoms with Gasteiger partial charge in [0, 0.05) is 67.5 Å². The summed E-state index contributed by atoms with van der Waals surface area (Å²) in [6.45, 7) is 8.81. The van der Waals surface area contributed by atoms with Gasteiger partial charge < -0.3 is 19.1 Å². The molecule has 37 heavy (non-hydrogen) atoms. The molecule has 0 atom stereocenters. The zero-order chi connectivity index (χ0) is 26.2. The van der Waals surface area contributed by atoms with Crippen LogP contribution in [-0.2, 0) is 11.3 Å². The van der Waals surface area contributed by atoms with Crippen molar-refractivity contribution in [2.75, 3.05) is 60.5 Å². The SMILES string of the molecule is COc1ccc2c(c1)c(/C=C/C(=O)N1CCN(CCC3=CC=CCC3)CC1)c(C)n2CCCCN(C)C. The Balaban J connectivity index is 1.39. The van der Waals surface area contributed by atoms with E-state index in [1.807, 2.05) is 17.0 Å². The number of nitrogens with zero attached hydrogens (tertiary/aromatic N) is 4. The second-order valence-electron chi connectivity index (χ2n) is 10.6. The van der Waals surface area contributed by atoms with Crippen molar-refractivity contribution in [1.29, 1.82) is 0 Å². The van der Waals surface area contributed by atoms with E-state index in [1.54, 1.807) is 18.8 Å². The van der Waals surface area contributed by atoms with Crippen LogP contribution in [0.5, 0.6) is 5.75 Å². The lowest BCUT2D eigenvalue weighted by Crippen LogP contribution is -2.48. The number of aryl methyl sites for hydroxylation is 1. The van der Waals surface area contributed by atoms with Crippen LogP contribution in [0.1, 0.15) is 43.4 Å². The van der Waals surface area contributed by atoms with E-state index in [9.17, 15) is 4.79 Å². The van der Waals surface area contributed by atoms with Crippen LogP contribution in [0, 0.1) is 6.92 Å². The number of piperazine rings is 1. The van der Waals surface area contributed by atoms with Crippen LogP contribution in [0.3, 0.4) is 0 Å². The first-order valence-electron chi connectivity index (χ1n) is 13.8.